The Hall–Kier alpha value is -1.60. The lowest BCUT2D eigenvalue weighted by atomic mass is 10.2. The fourth-order valence-corrected chi connectivity index (χ4v) is 1.58. The van der Waals surface area contributed by atoms with Crippen molar-refractivity contribution in [3.8, 4) is 6.07 Å². The maximum Gasteiger partial charge on any atom is 0.125 e. The molecule has 1 aromatic rings. The molecule has 0 spiro atoms. The molecule has 86 valence electrons. The largest absolute Gasteiger partial charge is 0.399 e. The van der Waals surface area contributed by atoms with E-state index in [1.165, 1.54) is 12.1 Å². The lowest BCUT2D eigenvalue weighted by Crippen LogP contribution is -2.23. The Kier molecular flexibility index (Phi) is 4.74. The van der Waals surface area contributed by atoms with Crippen molar-refractivity contribution >= 4 is 5.69 Å². The molecule has 0 aliphatic rings. The van der Waals surface area contributed by atoms with Gasteiger partial charge in [0.2, 0.25) is 0 Å². The van der Waals surface area contributed by atoms with E-state index < -0.39 is 0 Å². The Morgan fingerprint density at radius 2 is 2.19 bits per heavy atom. The van der Waals surface area contributed by atoms with Crippen LogP contribution in [0.1, 0.15) is 18.9 Å². The van der Waals surface area contributed by atoms with Crippen LogP contribution in [0.5, 0.6) is 0 Å². The Labute approximate surface area is 95.3 Å². The van der Waals surface area contributed by atoms with Gasteiger partial charge in [0.15, 0.2) is 0 Å². The van der Waals surface area contributed by atoms with Crippen LogP contribution >= 0.6 is 0 Å². The molecule has 0 heterocycles. The molecule has 0 bridgehead atoms. The van der Waals surface area contributed by atoms with E-state index in [2.05, 4.69) is 11.0 Å². The van der Waals surface area contributed by atoms with Gasteiger partial charge in [-0.25, -0.2) is 4.39 Å². The van der Waals surface area contributed by atoms with Gasteiger partial charge in [0.1, 0.15) is 5.82 Å². The second kappa shape index (κ2) is 6.09. The van der Waals surface area contributed by atoms with Gasteiger partial charge in [-0.2, -0.15) is 5.26 Å². The molecule has 3 nitrogen and oxygen atoms in total. The number of anilines is 1. The smallest absolute Gasteiger partial charge is 0.125 e. The summed E-state index contributed by atoms with van der Waals surface area (Å²) >= 11 is 0. The van der Waals surface area contributed by atoms with E-state index in [1.54, 1.807) is 6.07 Å². The van der Waals surface area contributed by atoms with E-state index in [0.29, 0.717) is 25.2 Å². The molecule has 1 rings (SSSR count). The number of hydrogen-bond donors (Lipinski definition) is 1. The summed E-state index contributed by atoms with van der Waals surface area (Å²) in [5, 5.41) is 8.51. The van der Waals surface area contributed by atoms with Crippen molar-refractivity contribution in [1.82, 2.24) is 4.90 Å². The van der Waals surface area contributed by atoms with E-state index in [0.717, 1.165) is 12.1 Å². The Morgan fingerprint density at radius 1 is 1.44 bits per heavy atom. The summed E-state index contributed by atoms with van der Waals surface area (Å²) < 4.78 is 13.1. The van der Waals surface area contributed by atoms with E-state index in [4.69, 9.17) is 11.0 Å². The number of hydrogen-bond acceptors (Lipinski definition) is 3. The Bertz CT molecular complexity index is 364. The molecule has 0 aliphatic carbocycles. The first-order valence-electron chi connectivity index (χ1n) is 5.30. The molecule has 0 saturated carbocycles. The first-order valence-corrected chi connectivity index (χ1v) is 5.30. The topological polar surface area (TPSA) is 53.0 Å². The van der Waals surface area contributed by atoms with Gasteiger partial charge in [0.05, 0.1) is 6.07 Å². The van der Waals surface area contributed by atoms with Crippen molar-refractivity contribution in [3.63, 3.8) is 0 Å². The van der Waals surface area contributed by atoms with Crippen molar-refractivity contribution in [3.05, 3.63) is 29.6 Å². The maximum absolute atomic E-state index is 13.1. The molecule has 4 heteroatoms. The van der Waals surface area contributed by atoms with Crippen molar-refractivity contribution in [1.29, 1.82) is 5.26 Å². The van der Waals surface area contributed by atoms with Crippen LogP contribution in [0.4, 0.5) is 10.1 Å². The molecule has 0 fully saturated rings. The minimum atomic E-state index is -0.314. The normalized spacial score (nSPS) is 10.4. The lowest BCUT2D eigenvalue weighted by molar-refractivity contribution is 0.286. The molecule has 0 unspecified atom stereocenters. The second-order valence-corrected chi connectivity index (χ2v) is 3.67. The molecule has 0 atom stereocenters. The Balaban J connectivity index is 2.66. The number of nitrogens with zero attached hydrogens (tertiary/aromatic N) is 2. The standard InChI is InChI=1S/C12H16FN3/c1-2-16(5-3-4-14)9-10-6-11(13)8-12(15)7-10/h6-8H,2-3,5,9,15H2,1H3. The lowest BCUT2D eigenvalue weighted by Gasteiger charge is -2.19. The fourth-order valence-electron chi connectivity index (χ4n) is 1.58. The number of benzene rings is 1. The molecule has 0 aliphatic heterocycles. The minimum absolute atomic E-state index is 0.314. The van der Waals surface area contributed by atoms with Gasteiger partial charge in [-0.3, -0.25) is 4.90 Å². The van der Waals surface area contributed by atoms with Gasteiger partial charge >= 0.3 is 0 Å². The molecule has 16 heavy (non-hydrogen) atoms. The van der Waals surface area contributed by atoms with Crippen molar-refractivity contribution in [2.45, 2.75) is 19.9 Å². The number of rotatable bonds is 5. The van der Waals surface area contributed by atoms with Crippen LogP contribution in [0.15, 0.2) is 18.2 Å². The van der Waals surface area contributed by atoms with Crippen LogP contribution in [-0.4, -0.2) is 18.0 Å². The predicted octanol–water partition coefficient (Wildman–Crippen LogP) is 2.14. The first kappa shape index (κ1) is 12.5. The van der Waals surface area contributed by atoms with Crippen LogP contribution in [0.2, 0.25) is 0 Å². The van der Waals surface area contributed by atoms with Gasteiger partial charge in [0, 0.05) is 25.2 Å². The highest BCUT2D eigenvalue weighted by Gasteiger charge is 2.05. The summed E-state index contributed by atoms with van der Waals surface area (Å²) in [6.45, 7) is 4.17. The summed E-state index contributed by atoms with van der Waals surface area (Å²) in [6.07, 6.45) is 0.485. The number of nitriles is 1. The Morgan fingerprint density at radius 3 is 2.75 bits per heavy atom. The molecule has 0 amide bonds. The highest BCUT2D eigenvalue weighted by molar-refractivity contribution is 5.41. The molecular formula is C12H16FN3. The summed E-state index contributed by atoms with van der Waals surface area (Å²) in [5.74, 6) is -0.314. The zero-order valence-electron chi connectivity index (χ0n) is 9.41. The average Bonchev–Trinajstić information content (AvgIpc) is 2.22. The molecule has 0 aromatic heterocycles. The van der Waals surface area contributed by atoms with Crippen molar-refractivity contribution < 1.29 is 4.39 Å². The van der Waals surface area contributed by atoms with Gasteiger partial charge in [-0.05, 0) is 30.3 Å². The van der Waals surface area contributed by atoms with E-state index in [1.807, 2.05) is 6.92 Å². The highest BCUT2D eigenvalue weighted by Crippen LogP contribution is 2.13. The summed E-state index contributed by atoms with van der Waals surface area (Å²) in [5.41, 5.74) is 6.85. The van der Waals surface area contributed by atoms with Crippen molar-refractivity contribution in [2.24, 2.45) is 0 Å². The maximum atomic E-state index is 13.1. The molecule has 0 radical (unpaired) electrons. The number of nitrogens with two attached hydrogens (primary N) is 1. The third kappa shape index (κ3) is 3.87. The summed E-state index contributed by atoms with van der Waals surface area (Å²) in [4.78, 5) is 2.08. The number of nitrogen functional groups attached to an aromatic ring is 1. The monoisotopic (exact) mass is 221 g/mol. The zero-order chi connectivity index (χ0) is 12.0. The van der Waals surface area contributed by atoms with Crippen LogP contribution in [0.25, 0.3) is 0 Å². The highest BCUT2D eigenvalue weighted by atomic mass is 19.1. The SMILES string of the molecule is CCN(CCC#N)Cc1cc(N)cc(F)c1. The van der Waals surface area contributed by atoms with E-state index in [-0.39, 0.29) is 5.82 Å². The van der Waals surface area contributed by atoms with Gasteiger partial charge in [-0.1, -0.05) is 6.92 Å². The van der Waals surface area contributed by atoms with E-state index in [9.17, 15) is 4.39 Å². The quantitative estimate of drug-likeness (QED) is 0.775. The third-order valence-electron chi connectivity index (χ3n) is 2.37. The number of halogens is 1. The molecular weight excluding hydrogens is 205 g/mol. The third-order valence-corrected chi connectivity index (χ3v) is 2.37. The van der Waals surface area contributed by atoms with Crippen LogP contribution in [0, 0.1) is 17.1 Å². The van der Waals surface area contributed by atoms with Crippen LogP contribution in [0.3, 0.4) is 0 Å². The average molecular weight is 221 g/mol. The van der Waals surface area contributed by atoms with E-state index >= 15 is 0 Å². The summed E-state index contributed by atoms with van der Waals surface area (Å²) in [6, 6.07) is 6.64. The van der Waals surface area contributed by atoms with Gasteiger partial charge < -0.3 is 5.73 Å². The predicted molar refractivity (Wildman–Crippen MR) is 62.0 cm³/mol. The fraction of sp³-hybridized carbons (Fsp3) is 0.417. The second-order valence-electron chi connectivity index (χ2n) is 3.67. The van der Waals surface area contributed by atoms with Crippen molar-refractivity contribution in [2.75, 3.05) is 18.8 Å². The van der Waals surface area contributed by atoms with Crippen LogP contribution < -0.4 is 5.73 Å². The first-order chi connectivity index (χ1) is 7.65. The molecule has 1 aromatic carbocycles. The minimum Gasteiger partial charge on any atom is -0.399 e. The summed E-state index contributed by atoms with van der Waals surface area (Å²) in [7, 11) is 0. The van der Waals surface area contributed by atoms with Gasteiger partial charge in [-0.15, -0.1) is 0 Å². The van der Waals surface area contributed by atoms with Gasteiger partial charge in [0.25, 0.3) is 0 Å². The van der Waals surface area contributed by atoms with Crippen LogP contribution in [-0.2, 0) is 6.54 Å². The zero-order valence-corrected chi connectivity index (χ0v) is 9.41. The molecule has 2 N–H and O–H groups in total. The molecule has 0 saturated heterocycles.